The molecule has 1 atom stereocenters. The Hall–Kier alpha value is -1.16. The molecule has 15 heavy (non-hydrogen) atoms. The Kier molecular flexibility index (Phi) is 4.49. The van der Waals surface area contributed by atoms with Crippen LogP contribution in [0.1, 0.15) is 12.5 Å². The maximum absolute atomic E-state index is 13.1. The van der Waals surface area contributed by atoms with Crippen molar-refractivity contribution in [2.45, 2.75) is 18.8 Å². The van der Waals surface area contributed by atoms with Crippen LogP contribution < -0.4 is 5.43 Å². The van der Waals surface area contributed by atoms with E-state index in [9.17, 15) is 8.78 Å². The molecule has 0 aliphatic rings. The van der Waals surface area contributed by atoms with Crippen LogP contribution in [0, 0.1) is 11.6 Å². The summed E-state index contributed by atoms with van der Waals surface area (Å²) < 4.78 is 26.2. The summed E-state index contributed by atoms with van der Waals surface area (Å²) in [6, 6.07) is 3.72. The molecule has 0 saturated heterocycles. The van der Waals surface area contributed by atoms with Crippen molar-refractivity contribution < 1.29 is 8.78 Å². The van der Waals surface area contributed by atoms with E-state index in [2.05, 4.69) is 10.5 Å². The van der Waals surface area contributed by atoms with Crippen LogP contribution in [0.4, 0.5) is 8.78 Å². The van der Waals surface area contributed by atoms with Gasteiger partial charge in [-0.05, 0) is 19.1 Å². The van der Waals surface area contributed by atoms with Gasteiger partial charge in [0.1, 0.15) is 11.6 Å². The van der Waals surface area contributed by atoms with Gasteiger partial charge in [-0.15, -0.1) is 11.6 Å². The highest BCUT2D eigenvalue weighted by atomic mass is 35.5. The minimum absolute atomic E-state index is 0.00137. The van der Waals surface area contributed by atoms with Crippen molar-refractivity contribution in [2.24, 2.45) is 5.10 Å². The van der Waals surface area contributed by atoms with Crippen molar-refractivity contribution >= 4 is 17.8 Å². The largest absolute Gasteiger partial charge is 0.306 e. The molecule has 0 amide bonds. The molecule has 82 valence electrons. The number of alkyl halides is 1. The Labute approximate surface area is 91.9 Å². The second-order valence-electron chi connectivity index (χ2n) is 2.99. The van der Waals surface area contributed by atoms with E-state index < -0.39 is 11.6 Å². The molecule has 0 bridgehead atoms. The van der Waals surface area contributed by atoms with E-state index in [1.165, 1.54) is 24.4 Å². The zero-order chi connectivity index (χ0) is 11.3. The van der Waals surface area contributed by atoms with Gasteiger partial charge in [-0.25, -0.2) is 8.78 Å². The quantitative estimate of drug-likeness (QED) is 0.482. The first kappa shape index (κ1) is 11.9. The first-order valence-corrected chi connectivity index (χ1v) is 4.88. The second kappa shape index (κ2) is 5.66. The van der Waals surface area contributed by atoms with Gasteiger partial charge in [0.2, 0.25) is 0 Å². The molecule has 1 N–H and O–H groups in total. The molecular formula is C10H11ClF2N2. The van der Waals surface area contributed by atoms with Crippen LogP contribution in [-0.2, 0) is 6.54 Å². The summed E-state index contributed by atoms with van der Waals surface area (Å²) >= 11 is 5.58. The van der Waals surface area contributed by atoms with Gasteiger partial charge >= 0.3 is 0 Å². The van der Waals surface area contributed by atoms with Crippen LogP contribution in [0.2, 0.25) is 0 Å². The van der Waals surface area contributed by atoms with E-state index in [-0.39, 0.29) is 17.5 Å². The molecule has 0 saturated carbocycles. The number of hydrogen-bond acceptors (Lipinski definition) is 2. The molecule has 0 heterocycles. The standard InChI is InChI=1S/C10H11ClF2N2/c1-7(11)5-14-15-6-8-9(12)3-2-4-10(8)13/h2-5,7,15H,6H2,1H3/b14-5+/t7-/m1/s1. The predicted molar refractivity (Wildman–Crippen MR) is 57.0 cm³/mol. The Bertz CT molecular complexity index is 333. The summed E-state index contributed by atoms with van der Waals surface area (Å²) in [5.74, 6) is -1.17. The van der Waals surface area contributed by atoms with Crippen molar-refractivity contribution in [3.8, 4) is 0 Å². The zero-order valence-corrected chi connectivity index (χ0v) is 8.93. The molecule has 0 radical (unpaired) electrons. The lowest BCUT2D eigenvalue weighted by Gasteiger charge is -2.03. The predicted octanol–water partition coefficient (Wildman–Crippen LogP) is 2.67. The minimum atomic E-state index is -0.586. The number of rotatable bonds is 4. The summed E-state index contributed by atoms with van der Waals surface area (Å²) in [5.41, 5.74) is 2.49. The van der Waals surface area contributed by atoms with Crippen molar-refractivity contribution in [1.82, 2.24) is 5.43 Å². The Balaban J connectivity index is 2.58. The average molecular weight is 233 g/mol. The third-order valence-corrected chi connectivity index (χ3v) is 1.80. The smallest absolute Gasteiger partial charge is 0.131 e. The van der Waals surface area contributed by atoms with Crippen LogP contribution in [0.5, 0.6) is 0 Å². The molecule has 0 aromatic heterocycles. The number of benzene rings is 1. The summed E-state index contributed by atoms with van der Waals surface area (Å²) in [7, 11) is 0. The molecule has 1 rings (SSSR count). The Morgan fingerprint density at radius 2 is 2.07 bits per heavy atom. The van der Waals surface area contributed by atoms with Crippen LogP contribution in [-0.4, -0.2) is 11.6 Å². The van der Waals surface area contributed by atoms with Crippen molar-refractivity contribution in [2.75, 3.05) is 0 Å². The average Bonchev–Trinajstić information content (AvgIpc) is 2.15. The van der Waals surface area contributed by atoms with Crippen LogP contribution in [0.3, 0.4) is 0 Å². The molecular weight excluding hydrogens is 222 g/mol. The van der Waals surface area contributed by atoms with E-state index >= 15 is 0 Å². The summed E-state index contributed by atoms with van der Waals surface area (Å²) in [4.78, 5) is 0. The number of hydrogen-bond donors (Lipinski definition) is 1. The van der Waals surface area contributed by atoms with E-state index in [1.54, 1.807) is 6.92 Å². The van der Waals surface area contributed by atoms with Crippen LogP contribution in [0.25, 0.3) is 0 Å². The topological polar surface area (TPSA) is 24.4 Å². The molecule has 0 aliphatic carbocycles. The molecule has 1 aromatic carbocycles. The maximum Gasteiger partial charge on any atom is 0.131 e. The fraction of sp³-hybridized carbons (Fsp3) is 0.300. The van der Waals surface area contributed by atoms with E-state index in [4.69, 9.17) is 11.6 Å². The maximum atomic E-state index is 13.1. The van der Waals surface area contributed by atoms with E-state index in [0.29, 0.717) is 0 Å². The fourth-order valence-electron chi connectivity index (χ4n) is 0.981. The zero-order valence-electron chi connectivity index (χ0n) is 8.17. The van der Waals surface area contributed by atoms with Crippen molar-refractivity contribution in [1.29, 1.82) is 0 Å². The Morgan fingerprint density at radius 3 is 2.60 bits per heavy atom. The minimum Gasteiger partial charge on any atom is -0.306 e. The van der Waals surface area contributed by atoms with Crippen molar-refractivity contribution in [3.63, 3.8) is 0 Å². The molecule has 0 spiro atoms. The third kappa shape index (κ3) is 3.83. The van der Waals surface area contributed by atoms with Crippen LogP contribution in [0.15, 0.2) is 23.3 Å². The first-order chi connectivity index (χ1) is 7.11. The molecule has 1 aromatic rings. The van der Waals surface area contributed by atoms with Gasteiger partial charge in [-0.2, -0.15) is 5.10 Å². The Morgan fingerprint density at radius 1 is 1.47 bits per heavy atom. The lowest BCUT2D eigenvalue weighted by Crippen LogP contribution is -2.10. The molecule has 2 nitrogen and oxygen atoms in total. The molecule has 0 fully saturated rings. The van der Waals surface area contributed by atoms with Crippen LogP contribution >= 0.6 is 11.6 Å². The fourth-order valence-corrected chi connectivity index (χ4v) is 1.04. The normalized spacial score (nSPS) is 13.1. The highest BCUT2D eigenvalue weighted by molar-refractivity contribution is 6.27. The second-order valence-corrected chi connectivity index (χ2v) is 3.68. The lowest BCUT2D eigenvalue weighted by molar-refractivity contribution is 0.540. The summed E-state index contributed by atoms with van der Waals surface area (Å²) in [5, 5.41) is 3.49. The number of hydrazone groups is 1. The van der Waals surface area contributed by atoms with Crippen molar-refractivity contribution in [3.05, 3.63) is 35.4 Å². The van der Waals surface area contributed by atoms with Gasteiger partial charge in [-0.1, -0.05) is 6.07 Å². The lowest BCUT2D eigenvalue weighted by atomic mass is 10.2. The van der Waals surface area contributed by atoms with Gasteiger partial charge in [-0.3, -0.25) is 0 Å². The molecule has 5 heteroatoms. The third-order valence-electron chi connectivity index (χ3n) is 1.69. The summed E-state index contributed by atoms with van der Waals surface area (Å²) in [6.45, 7) is 1.73. The van der Waals surface area contributed by atoms with Gasteiger partial charge in [0.15, 0.2) is 0 Å². The SMILES string of the molecule is C[C@@H](Cl)/C=N/NCc1c(F)cccc1F. The number of nitrogens with one attached hydrogen (secondary N) is 1. The highest BCUT2D eigenvalue weighted by Crippen LogP contribution is 2.11. The van der Waals surface area contributed by atoms with E-state index in [0.717, 1.165) is 0 Å². The van der Waals surface area contributed by atoms with Gasteiger partial charge in [0.25, 0.3) is 0 Å². The van der Waals surface area contributed by atoms with Gasteiger partial charge < -0.3 is 5.43 Å². The molecule has 0 aliphatic heterocycles. The van der Waals surface area contributed by atoms with Gasteiger partial charge in [0, 0.05) is 11.8 Å². The highest BCUT2D eigenvalue weighted by Gasteiger charge is 2.06. The number of nitrogens with zero attached hydrogens (tertiary/aromatic N) is 1. The monoisotopic (exact) mass is 232 g/mol. The first-order valence-electron chi connectivity index (χ1n) is 4.44. The van der Waals surface area contributed by atoms with E-state index in [1.807, 2.05) is 0 Å². The molecule has 0 unspecified atom stereocenters. The van der Waals surface area contributed by atoms with Gasteiger partial charge in [0.05, 0.1) is 11.9 Å². The number of halogens is 3. The summed E-state index contributed by atoms with van der Waals surface area (Å²) in [6.07, 6.45) is 1.44.